The van der Waals surface area contributed by atoms with E-state index in [9.17, 15) is 0 Å². The van der Waals surface area contributed by atoms with Crippen LogP contribution >= 0.6 is 0 Å². The lowest BCUT2D eigenvalue weighted by atomic mass is 10.0. The zero-order chi connectivity index (χ0) is 13.7. The first-order chi connectivity index (χ1) is 9.72. The average molecular weight is 260 g/mol. The summed E-state index contributed by atoms with van der Waals surface area (Å²) in [5.41, 5.74) is 12.5. The van der Waals surface area contributed by atoms with Gasteiger partial charge in [-0.1, -0.05) is 30.3 Å². The molecule has 0 unspecified atom stereocenters. The fourth-order valence-corrected chi connectivity index (χ4v) is 2.69. The molecule has 1 aromatic heterocycles. The van der Waals surface area contributed by atoms with E-state index < -0.39 is 0 Å². The number of benzene rings is 3. The number of rotatable bonds is 0. The van der Waals surface area contributed by atoms with Crippen LogP contribution in [0, 0.1) is 0 Å². The number of hydrogen-bond donors (Lipinski definition) is 2. The van der Waals surface area contributed by atoms with Crippen LogP contribution in [0.1, 0.15) is 0 Å². The number of nitrogens with zero attached hydrogens (tertiary/aromatic N) is 2. The SMILES string of the molecule is Nc1nc(N)c2c(ccc3cc4ccccc4cc32)n1. The Morgan fingerprint density at radius 2 is 1.50 bits per heavy atom. The third-order valence-corrected chi connectivity index (χ3v) is 3.59. The van der Waals surface area contributed by atoms with Crippen LogP contribution in [0.15, 0.2) is 48.5 Å². The molecule has 0 atom stereocenters. The van der Waals surface area contributed by atoms with Crippen LogP contribution in [0.5, 0.6) is 0 Å². The van der Waals surface area contributed by atoms with Gasteiger partial charge >= 0.3 is 0 Å². The second kappa shape index (κ2) is 3.81. The topological polar surface area (TPSA) is 77.8 Å². The van der Waals surface area contributed by atoms with Gasteiger partial charge < -0.3 is 11.5 Å². The maximum atomic E-state index is 6.04. The lowest BCUT2D eigenvalue weighted by Crippen LogP contribution is -2.00. The van der Waals surface area contributed by atoms with Gasteiger partial charge in [0.2, 0.25) is 5.95 Å². The van der Waals surface area contributed by atoms with Gasteiger partial charge in [0.15, 0.2) is 0 Å². The smallest absolute Gasteiger partial charge is 0.222 e. The summed E-state index contributed by atoms with van der Waals surface area (Å²) in [4.78, 5) is 8.33. The average Bonchev–Trinajstić information content (AvgIpc) is 2.44. The van der Waals surface area contributed by atoms with Crippen molar-refractivity contribution in [1.82, 2.24) is 9.97 Å². The Labute approximate surface area is 115 Å². The van der Waals surface area contributed by atoms with Gasteiger partial charge in [-0.05, 0) is 39.7 Å². The minimum absolute atomic E-state index is 0.204. The predicted molar refractivity (Wildman–Crippen MR) is 83.4 cm³/mol. The van der Waals surface area contributed by atoms with E-state index in [-0.39, 0.29) is 5.95 Å². The van der Waals surface area contributed by atoms with Crippen LogP contribution < -0.4 is 11.5 Å². The van der Waals surface area contributed by atoms with E-state index in [0.717, 1.165) is 21.7 Å². The predicted octanol–water partition coefficient (Wildman–Crippen LogP) is 3.10. The molecule has 1 heterocycles. The fourth-order valence-electron chi connectivity index (χ4n) is 2.69. The van der Waals surface area contributed by atoms with Crippen molar-refractivity contribution in [2.45, 2.75) is 0 Å². The summed E-state index contributed by atoms with van der Waals surface area (Å²) in [6, 6.07) is 16.5. The molecule has 0 aliphatic heterocycles. The molecule has 4 rings (SSSR count). The molecular weight excluding hydrogens is 248 g/mol. The van der Waals surface area contributed by atoms with Gasteiger partial charge in [0.1, 0.15) is 5.82 Å². The zero-order valence-electron chi connectivity index (χ0n) is 10.7. The summed E-state index contributed by atoms with van der Waals surface area (Å²) in [6.07, 6.45) is 0. The van der Waals surface area contributed by atoms with Crippen molar-refractivity contribution in [2.75, 3.05) is 11.5 Å². The molecule has 0 aliphatic rings. The van der Waals surface area contributed by atoms with Gasteiger partial charge in [0, 0.05) is 0 Å². The quantitative estimate of drug-likeness (QED) is 0.376. The van der Waals surface area contributed by atoms with Crippen molar-refractivity contribution >= 4 is 44.2 Å². The largest absolute Gasteiger partial charge is 0.383 e. The standard InChI is InChI=1S/C16H12N4/c17-15-14-12-8-10-4-2-1-3-9(10)7-11(12)5-6-13(14)19-16(18)20-15/h1-8H,(H4,17,18,19,20). The van der Waals surface area contributed by atoms with Crippen LogP contribution in [0.4, 0.5) is 11.8 Å². The Bertz CT molecular complexity index is 976. The van der Waals surface area contributed by atoms with Crippen molar-refractivity contribution in [3.63, 3.8) is 0 Å². The van der Waals surface area contributed by atoms with E-state index in [4.69, 9.17) is 11.5 Å². The first-order valence-corrected chi connectivity index (χ1v) is 6.36. The summed E-state index contributed by atoms with van der Waals surface area (Å²) in [7, 11) is 0. The van der Waals surface area contributed by atoms with Gasteiger partial charge in [0.05, 0.1) is 10.9 Å². The number of anilines is 2. The Hall–Kier alpha value is -2.88. The first kappa shape index (κ1) is 11.0. The maximum Gasteiger partial charge on any atom is 0.222 e. The van der Waals surface area contributed by atoms with Crippen molar-refractivity contribution in [3.05, 3.63) is 48.5 Å². The first-order valence-electron chi connectivity index (χ1n) is 6.36. The van der Waals surface area contributed by atoms with Crippen molar-refractivity contribution in [1.29, 1.82) is 0 Å². The fraction of sp³-hybridized carbons (Fsp3) is 0. The molecule has 0 bridgehead atoms. The molecule has 0 amide bonds. The molecule has 0 saturated heterocycles. The Morgan fingerprint density at radius 3 is 2.30 bits per heavy atom. The van der Waals surface area contributed by atoms with E-state index in [2.05, 4.69) is 34.2 Å². The van der Waals surface area contributed by atoms with Crippen molar-refractivity contribution in [3.8, 4) is 0 Å². The normalized spacial score (nSPS) is 11.4. The van der Waals surface area contributed by atoms with E-state index in [0.29, 0.717) is 5.82 Å². The molecule has 4 heteroatoms. The van der Waals surface area contributed by atoms with Crippen molar-refractivity contribution in [2.24, 2.45) is 0 Å². The van der Waals surface area contributed by atoms with Crippen LogP contribution in [0.2, 0.25) is 0 Å². The minimum atomic E-state index is 0.204. The third kappa shape index (κ3) is 1.48. The number of nitrogens with two attached hydrogens (primary N) is 2. The summed E-state index contributed by atoms with van der Waals surface area (Å²) in [5.74, 6) is 0.628. The third-order valence-electron chi connectivity index (χ3n) is 3.59. The van der Waals surface area contributed by atoms with Gasteiger partial charge in [0.25, 0.3) is 0 Å². The van der Waals surface area contributed by atoms with E-state index in [1.165, 1.54) is 10.8 Å². The molecule has 20 heavy (non-hydrogen) atoms. The molecule has 0 aliphatic carbocycles. The highest BCUT2D eigenvalue weighted by atomic mass is 15.0. The maximum absolute atomic E-state index is 6.04. The van der Waals surface area contributed by atoms with E-state index in [1.54, 1.807) is 0 Å². The summed E-state index contributed by atoms with van der Waals surface area (Å²) in [5, 5.41) is 5.41. The lowest BCUT2D eigenvalue weighted by Gasteiger charge is -2.08. The van der Waals surface area contributed by atoms with E-state index in [1.807, 2.05) is 24.3 Å². The highest BCUT2D eigenvalue weighted by Gasteiger charge is 2.08. The lowest BCUT2D eigenvalue weighted by molar-refractivity contribution is 1.25. The Kier molecular flexibility index (Phi) is 2.09. The van der Waals surface area contributed by atoms with Crippen LogP contribution in [-0.4, -0.2) is 9.97 Å². The summed E-state index contributed by atoms with van der Waals surface area (Å²) in [6.45, 7) is 0. The number of fused-ring (bicyclic) bond motifs is 4. The molecule has 4 nitrogen and oxygen atoms in total. The molecule has 4 N–H and O–H groups in total. The highest BCUT2D eigenvalue weighted by molar-refractivity contribution is 6.14. The second-order valence-electron chi connectivity index (χ2n) is 4.85. The van der Waals surface area contributed by atoms with Gasteiger partial charge in [-0.25, -0.2) is 4.98 Å². The van der Waals surface area contributed by atoms with Gasteiger partial charge in [-0.2, -0.15) is 4.98 Å². The molecule has 96 valence electrons. The van der Waals surface area contributed by atoms with Crippen LogP contribution in [0.3, 0.4) is 0 Å². The minimum Gasteiger partial charge on any atom is -0.383 e. The van der Waals surface area contributed by atoms with Crippen molar-refractivity contribution < 1.29 is 0 Å². The Morgan fingerprint density at radius 1 is 0.750 bits per heavy atom. The van der Waals surface area contributed by atoms with Crippen LogP contribution in [0.25, 0.3) is 32.4 Å². The molecule has 0 saturated carbocycles. The molecule has 3 aromatic carbocycles. The monoisotopic (exact) mass is 260 g/mol. The number of nitrogen functional groups attached to an aromatic ring is 2. The van der Waals surface area contributed by atoms with Gasteiger partial charge in [-0.15, -0.1) is 0 Å². The molecule has 0 spiro atoms. The second-order valence-corrected chi connectivity index (χ2v) is 4.85. The van der Waals surface area contributed by atoms with Gasteiger partial charge in [-0.3, -0.25) is 0 Å². The molecular formula is C16H12N4. The number of hydrogen-bond acceptors (Lipinski definition) is 4. The Balaban J connectivity index is 2.26. The molecule has 4 aromatic rings. The highest BCUT2D eigenvalue weighted by Crippen LogP contribution is 2.31. The summed E-state index contributed by atoms with van der Waals surface area (Å²) < 4.78 is 0. The molecule has 0 fully saturated rings. The van der Waals surface area contributed by atoms with E-state index >= 15 is 0 Å². The zero-order valence-corrected chi connectivity index (χ0v) is 10.7. The summed E-state index contributed by atoms with van der Waals surface area (Å²) >= 11 is 0. The van der Waals surface area contributed by atoms with Crippen LogP contribution in [-0.2, 0) is 0 Å². The molecule has 0 radical (unpaired) electrons. The number of aromatic nitrogens is 2.